The molecular weight excluding hydrogens is 544 g/mol. The summed E-state index contributed by atoms with van der Waals surface area (Å²) >= 11 is 0. The highest BCUT2D eigenvalue weighted by molar-refractivity contribution is 6.23. The lowest BCUT2D eigenvalue weighted by Crippen LogP contribution is -2.37. The predicted octanol–water partition coefficient (Wildman–Crippen LogP) is 3.01. The number of fused-ring (bicyclic) bond motifs is 2. The molecule has 0 aromatic heterocycles. The summed E-state index contributed by atoms with van der Waals surface area (Å²) in [4.78, 5) is 53.1. The fourth-order valence-electron chi connectivity index (χ4n) is 5.12. The Morgan fingerprint density at radius 3 is 2.33 bits per heavy atom. The molecular formula is C31H44N2O9. The standard InChI is InChI=1S/C31H44N2O9/c1-17-13-21-27(36)22(16-23(34)29(21)41-9)33(6)30(37)18(2)11-10-12-24(39-7)28(42-31(38)32-5)20(4)15-19(3)26(35)25(14-17)40-8/h10-12,15-17,19,24-26,28,35H,13-14H2,1-9H3,(H,32,38)/b12-10-,18-11+,20-15-. The van der Waals surface area contributed by atoms with Gasteiger partial charge < -0.3 is 34.3 Å². The zero-order chi connectivity index (χ0) is 31.7. The maximum atomic E-state index is 13.6. The van der Waals surface area contributed by atoms with Gasteiger partial charge in [0.15, 0.2) is 11.9 Å². The number of ketones is 2. The van der Waals surface area contributed by atoms with Crippen LogP contribution >= 0.6 is 0 Å². The molecule has 1 heterocycles. The van der Waals surface area contributed by atoms with Gasteiger partial charge in [0.05, 0.1) is 25.0 Å². The van der Waals surface area contributed by atoms with Crippen molar-refractivity contribution in [3.8, 4) is 0 Å². The number of alkyl carbamates (subject to hydrolysis) is 1. The number of hydrogen-bond donors (Lipinski definition) is 2. The molecule has 0 aromatic carbocycles. The first kappa shape index (κ1) is 34.7. The fraction of sp³-hybridized carbons (Fsp3) is 0.548. The van der Waals surface area contributed by atoms with Gasteiger partial charge in [0.1, 0.15) is 6.10 Å². The number of nitrogens with zero attached hydrogens (tertiary/aromatic N) is 1. The molecule has 6 unspecified atom stereocenters. The van der Waals surface area contributed by atoms with Gasteiger partial charge in [0.25, 0.3) is 5.91 Å². The SMILES string of the molecule is CNC(=O)OC1/C(C)=C\C(C)C(O)C(OC)CC(C)CC2=C(OC)C(=O)C=C(C2=O)N(C)C(=O)/C(C)=C/C=C\C1OC. The summed E-state index contributed by atoms with van der Waals surface area (Å²) < 4.78 is 22.2. The third kappa shape index (κ3) is 8.27. The van der Waals surface area contributed by atoms with Crippen molar-refractivity contribution in [1.82, 2.24) is 10.2 Å². The van der Waals surface area contributed by atoms with Crippen LogP contribution in [0.15, 0.2) is 58.6 Å². The number of carbonyl (C=O) groups excluding carboxylic acids is 4. The van der Waals surface area contributed by atoms with Crippen LogP contribution in [0, 0.1) is 11.8 Å². The molecule has 0 saturated heterocycles. The summed E-state index contributed by atoms with van der Waals surface area (Å²) in [6.07, 6.45) is 4.39. The van der Waals surface area contributed by atoms with Gasteiger partial charge in [-0.05, 0) is 38.2 Å². The van der Waals surface area contributed by atoms with Gasteiger partial charge in [-0.1, -0.05) is 38.2 Å². The Labute approximate surface area is 247 Å². The van der Waals surface area contributed by atoms with E-state index in [9.17, 15) is 24.3 Å². The van der Waals surface area contributed by atoms with E-state index in [2.05, 4.69) is 5.32 Å². The van der Waals surface area contributed by atoms with Gasteiger partial charge in [-0.15, -0.1) is 0 Å². The van der Waals surface area contributed by atoms with Gasteiger partial charge in [0.2, 0.25) is 11.6 Å². The summed E-state index contributed by atoms with van der Waals surface area (Å²) in [6.45, 7) is 7.06. The number of carbonyl (C=O) groups is 4. The molecule has 11 nitrogen and oxygen atoms in total. The summed E-state index contributed by atoms with van der Waals surface area (Å²) in [7, 11) is 7.16. The zero-order valence-electron chi connectivity index (χ0n) is 25.9. The third-order valence-corrected chi connectivity index (χ3v) is 7.52. The van der Waals surface area contributed by atoms with Crippen molar-refractivity contribution in [2.45, 2.75) is 65.0 Å². The number of rotatable bonds is 4. The lowest BCUT2D eigenvalue weighted by Gasteiger charge is -2.30. The number of Topliss-reactive ketones (excluding diaryl/α,β-unsaturated/α-hetero) is 1. The van der Waals surface area contributed by atoms with Crippen LogP contribution in [0.4, 0.5) is 4.79 Å². The molecule has 2 bridgehead atoms. The molecule has 2 rings (SSSR count). The number of aliphatic hydroxyl groups excluding tert-OH is 1. The monoisotopic (exact) mass is 588 g/mol. The van der Waals surface area contributed by atoms with E-state index < -0.39 is 53.9 Å². The number of hydrogen-bond acceptors (Lipinski definition) is 9. The van der Waals surface area contributed by atoms with E-state index in [4.69, 9.17) is 18.9 Å². The summed E-state index contributed by atoms with van der Waals surface area (Å²) in [6, 6.07) is 0. The van der Waals surface area contributed by atoms with Crippen LogP contribution in [0.5, 0.6) is 0 Å². The smallest absolute Gasteiger partial charge is 0.407 e. The molecule has 1 aliphatic heterocycles. The van der Waals surface area contributed by atoms with Gasteiger partial charge in [-0.25, -0.2) is 4.79 Å². The highest BCUT2D eigenvalue weighted by atomic mass is 16.6. The Kier molecular flexibility index (Phi) is 12.9. The largest absolute Gasteiger partial charge is 0.492 e. The number of ether oxygens (including phenoxy) is 4. The van der Waals surface area contributed by atoms with Crippen molar-refractivity contribution in [2.24, 2.45) is 11.8 Å². The zero-order valence-corrected chi connectivity index (χ0v) is 25.9. The van der Waals surface area contributed by atoms with Gasteiger partial charge in [-0.2, -0.15) is 0 Å². The molecule has 42 heavy (non-hydrogen) atoms. The molecule has 0 saturated carbocycles. The maximum absolute atomic E-state index is 13.6. The summed E-state index contributed by atoms with van der Waals surface area (Å²) in [5.74, 6) is -2.18. The van der Waals surface area contributed by atoms with Crippen LogP contribution in [0.3, 0.4) is 0 Å². The van der Waals surface area contributed by atoms with Crippen molar-refractivity contribution in [2.75, 3.05) is 35.4 Å². The molecule has 1 aliphatic carbocycles. The van der Waals surface area contributed by atoms with Crippen molar-refractivity contribution in [3.05, 3.63) is 58.6 Å². The van der Waals surface area contributed by atoms with Gasteiger partial charge >= 0.3 is 6.09 Å². The van der Waals surface area contributed by atoms with Crippen LogP contribution in [-0.2, 0) is 33.3 Å². The van der Waals surface area contributed by atoms with Crippen molar-refractivity contribution >= 4 is 23.6 Å². The molecule has 6 atom stereocenters. The average Bonchev–Trinajstić information content (AvgIpc) is 2.96. The van der Waals surface area contributed by atoms with Crippen LogP contribution in [0.25, 0.3) is 0 Å². The molecule has 0 radical (unpaired) electrons. The van der Waals surface area contributed by atoms with E-state index in [-0.39, 0.29) is 34.9 Å². The highest BCUT2D eigenvalue weighted by Gasteiger charge is 2.35. The average molecular weight is 589 g/mol. The first-order valence-corrected chi connectivity index (χ1v) is 13.8. The number of allylic oxidation sites excluding steroid dienone is 4. The molecule has 0 spiro atoms. The van der Waals surface area contributed by atoms with E-state index >= 15 is 0 Å². The molecule has 2 amide bonds. The highest BCUT2D eigenvalue weighted by Crippen LogP contribution is 2.31. The second-order valence-electron chi connectivity index (χ2n) is 10.7. The van der Waals surface area contributed by atoms with E-state index in [1.807, 2.05) is 13.8 Å². The van der Waals surface area contributed by atoms with Crippen LogP contribution < -0.4 is 5.32 Å². The molecule has 2 aliphatic rings. The number of aliphatic hydroxyl groups is 1. The quantitative estimate of drug-likeness (QED) is 0.375. The number of nitrogens with one attached hydrogen (secondary N) is 1. The summed E-state index contributed by atoms with van der Waals surface area (Å²) in [5, 5.41) is 13.7. The lowest BCUT2D eigenvalue weighted by atomic mass is 9.85. The number of methoxy groups -OCH3 is 3. The Balaban J connectivity index is 2.66. The van der Waals surface area contributed by atoms with Crippen molar-refractivity contribution in [1.29, 1.82) is 0 Å². The third-order valence-electron chi connectivity index (χ3n) is 7.52. The van der Waals surface area contributed by atoms with E-state index in [1.54, 1.807) is 38.2 Å². The first-order chi connectivity index (χ1) is 19.8. The van der Waals surface area contributed by atoms with Crippen LogP contribution in [0.2, 0.25) is 0 Å². The summed E-state index contributed by atoms with van der Waals surface area (Å²) in [5.41, 5.74) is 1.03. The normalized spacial score (nSPS) is 31.9. The molecule has 11 heteroatoms. The molecule has 0 aromatic rings. The first-order valence-electron chi connectivity index (χ1n) is 13.8. The van der Waals surface area contributed by atoms with E-state index in [0.717, 1.165) is 11.0 Å². The van der Waals surface area contributed by atoms with Crippen LogP contribution in [0.1, 0.15) is 40.5 Å². The van der Waals surface area contributed by atoms with Gasteiger partial charge in [0, 0.05) is 51.5 Å². The second-order valence-corrected chi connectivity index (χ2v) is 10.7. The minimum atomic E-state index is -0.948. The molecule has 0 fully saturated rings. The Hall–Kier alpha value is -3.54. The van der Waals surface area contributed by atoms with E-state index in [1.165, 1.54) is 35.4 Å². The van der Waals surface area contributed by atoms with Crippen molar-refractivity contribution < 1.29 is 43.2 Å². The number of likely N-dealkylation sites (N-methyl/N-ethyl adjacent to an activating group) is 1. The van der Waals surface area contributed by atoms with Gasteiger partial charge in [-0.3, -0.25) is 14.4 Å². The minimum absolute atomic E-state index is 0.0618. The Bertz CT molecular complexity index is 1200. The number of amides is 2. The van der Waals surface area contributed by atoms with E-state index in [0.29, 0.717) is 12.0 Å². The predicted molar refractivity (Wildman–Crippen MR) is 156 cm³/mol. The minimum Gasteiger partial charge on any atom is -0.492 e. The Morgan fingerprint density at radius 1 is 1.10 bits per heavy atom. The maximum Gasteiger partial charge on any atom is 0.407 e. The fourth-order valence-corrected chi connectivity index (χ4v) is 5.12. The lowest BCUT2D eigenvalue weighted by molar-refractivity contribution is -0.127. The molecule has 2 N–H and O–H groups in total. The topological polar surface area (TPSA) is 141 Å². The van der Waals surface area contributed by atoms with Crippen molar-refractivity contribution in [3.63, 3.8) is 0 Å². The van der Waals surface area contributed by atoms with Crippen LogP contribution in [-0.4, -0.2) is 93.4 Å². The second kappa shape index (κ2) is 15.6. The molecule has 232 valence electrons. The Morgan fingerprint density at radius 2 is 1.76 bits per heavy atom.